The molecule has 0 aliphatic heterocycles. The number of aromatic nitrogens is 3. The Bertz CT molecular complexity index is 1240. The predicted octanol–water partition coefficient (Wildman–Crippen LogP) is 4.61. The van der Waals surface area contributed by atoms with Crippen molar-refractivity contribution in [1.29, 1.82) is 0 Å². The Morgan fingerprint density at radius 3 is 2.61 bits per heavy atom. The highest BCUT2D eigenvalue weighted by Crippen LogP contribution is 2.31. The summed E-state index contributed by atoms with van der Waals surface area (Å²) in [5.74, 6) is -1.69. The number of carbonyl (C=O) groups is 2. The van der Waals surface area contributed by atoms with Crippen LogP contribution in [-0.4, -0.2) is 44.5 Å². The van der Waals surface area contributed by atoms with Gasteiger partial charge in [0.15, 0.2) is 5.82 Å². The van der Waals surface area contributed by atoms with Gasteiger partial charge in [0.2, 0.25) is 0 Å². The minimum absolute atomic E-state index is 0.0559. The van der Waals surface area contributed by atoms with Crippen molar-refractivity contribution >= 4 is 58.5 Å². The van der Waals surface area contributed by atoms with Gasteiger partial charge in [0.1, 0.15) is 11.4 Å². The third-order valence-corrected chi connectivity index (χ3v) is 4.91. The smallest absolute Gasteiger partial charge is 0.282 e. The van der Waals surface area contributed by atoms with Crippen LogP contribution in [0.25, 0.3) is 5.82 Å². The van der Waals surface area contributed by atoms with Crippen LogP contribution in [0.5, 0.6) is 0 Å². The molecule has 0 unspecified atom stereocenters. The van der Waals surface area contributed by atoms with Crippen molar-refractivity contribution in [3.63, 3.8) is 0 Å². The van der Waals surface area contributed by atoms with E-state index in [1.807, 2.05) is 0 Å². The fourth-order valence-corrected chi connectivity index (χ4v) is 3.44. The van der Waals surface area contributed by atoms with Crippen molar-refractivity contribution in [3.05, 3.63) is 68.5 Å². The van der Waals surface area contributed by atoms with Gasteiger partial charge in [-0.1, -0.05) is 34.8 Å². The zero-order chi connectivity index (χ0) is 24.1. The zero-order valence-electron chi connectivity index (χ0n) is 16.3. The molecule has 0 spiro atoms. The van der Waals surface area contributed by atoms with Crippen LogP contribution >= 0.6 is 34.8 Å². The lowest BCUT2D eigenvalue weighted by atomic mass is 10.1. The van der Waals surface area contributed by atoms with Crippen LogP contribution in [-0.2, 0) is 0 Å². The van der Waals surface area contributed by atoms with E-state index in [4.69, 9.17) is 40.0 Å². The Labute approximate surface area is 200 Å². The second kappa shape index (κ2) is 10.6. The highest BCUT2D eigenvalue weighted by molar-refractivity contribution is 6.38. The van der Waals surface area contributed by atoms with Gasteiger partial charge in [0.05, 0.1) is 34.1 Å². The molecular weight excluding hydrogens is 505 g/mol. The second-order valence-corrected chi connectivity index (χ2v) is 7.50. The van der Waals surface area contributed by atoms with E-state index in [9.17, 15) is 18.4 Å². The lowest BCUT2D eigenvalue weighted by Crippen LogP contribution is -2.27. The van der Waals surface area contributed by atoms with Crippen LogP contribution in [0.15, 0.2) is 41.7 Å². The average Bonchev–Trinajstić information content (AvgIpc) is 3.21. The van der Waals surface area contributed by atoms with Crippen molar-refractivity contribution in [2.24, 2.45) is 5.16 Å². The van der Waals surface area contributed by atoms with E-state index < -0.39 is 23.9 Å². The van der Waals surface area contributed by atoms with Crippen LogP contribution < -0.4 is 10.6 Å². The standard InChI is InChI=1S/C19H13Cl3F2N6O3/c20-9-6-10(18(31)26-4-5-27-33)15(12(22)7-9)28-19(32)14-8-13(16(23)24)29-30(14)17-11(21)2-1-3-25-17/h1-3,5-8,16,33H,4H2,(H,26,31)(H,28,32)/b27-5+. The maximum Gasteiger partial charge on any atom is 0.282 e. The van der Waals surface area contributed by atoms with Gasteiger partial charge < -0.3 is 15.8 Å². The molecule has 3 N–H and O–H groups in total. The summed E-state index contributed by atoms with van der Waals surface area (Å²) in [6, 6.07) is 6.35. The molecule has 33 heavy (non-hydrogen) atoms. The number of nitrogens with one attached hydrogen (secondary N) is 2. The maximum absolute atomic E-state index is 13.3. The van der Waals surface area contributed by atoms with Gasteiger partial charge in [-0.3, -0.25) is 9.59 Å². The number of hydrogen-bond donors (Lipinski definition) is 3. The molecule has 0 saturated carbocycles. The van der Waals surface area contributed by atoms with E-state index in [2.05, 4.69) is 25.9 Å². The molecule has 0 bridgehead atoms. The molecule has 9 nitrogen and oxygen atoms in total. The number of pyridine rings is 1. The summed E-state index contributed by atoms with van der Waals surface area (Å²) in [5.41, 5.74) is -1.29. The lowest BCUT2D eigenvalue weighted by molar-refractivity contribution is 0.0960. The van der Waals surface area contributed by atoms with Crippen molar-refractivity contribution in [2.75, 3.05) is 11.9 Å². The lowest BCUT2D eigenvalue weighted by Gasteiger charge is -2.14. The quantitative estimate of drug-likeness (QED) is 0.240. The predicted molar refractivity (Wildman–Crippen MR) is 118 cm³/mol. The van der Waals surface area contributed by atoms with Crippen molar-refractivity contribution in [3.8, 4) is 5.82 Å². The first-order chi connectivity index (χ1) is 15.7. The molecule has 2 aromatic heterocycles. The third-order valence-electron chi connectivity index (χ3n) is 4.10. The highest BCUT2D eigenvalue weighted by atomic mass is 35.5. The zero-order valence-corrected chi connectivity index (χ0v) is 18.5. The molecular formula is C19H13Cl3F2N6O3. The number of carbonyl (C=O) groups excluding carboxylic acids is 2. The van der Waals surface area contributed by atoms with E-state index in [0.29, 0.717) is 0 Å². The van der Waals surface area contributed by atoms with Gasteiger partial charge in [-0.05, 0) is 30.3 Å². The summed E-state index contributed by atoms with van der Waals surface area (Å²) < 4.78 is 27.5. The van der Waals surface area contributed by atoms with Gasteiger partial charge >= 0.3 is 0 Å². The highest BCUT2D eigenvalue weighted by Gasteiger charge is 2.25. The summed E-state index contributed by atoms with van der Waals surface area (Å²) >= 11 is 18.3. The van der Waals surface area contributed by atoms with E-state index in [0.717, 1.165) is 17.0 Å². The second-order valence-electron chi connectivity index (χ2n) is 6.25. The molecule has 0 fully saturated rings. The SMILES string of the molecule is O=C(NC/C=N/O)c1cc(Cl)cc(Cl)c1NC(=O)c1cc(C(F)F)nn1-c1ncccc1Cl. The van der Waals surface area contributed by atoms with Gasteiger partial charge in [-0.15, -0.1) is 5.16 Å². The summed E-state index contributed by atoms with van der Waals surface area (Å²) in [5, 5.41) is 19.9. The van der Waals surface area contributed by atoms with Gasteiger partial charge in [0.25, 0.3) is 18.2 Å². The molecule has 3 rings (SSSR count). The van der Waals surface area contributed by atoms with Gasteiger partial charge in [-0.2, -0.15) is 5.10 Å². The fraction of sp³-hybridized carbons (Fsp3) is 0.105. The van der Waals surface area contributed by atoms with E-state index >= 15 is 0 Å². The van der Waals surface area contributed by atoms with Crippen LogP contribution in [0.3, 0.4) is 0 Å². The Kier molecular flexibility index (Phi) is 7.79. The Balaban J connectivity index is 2.03. The van der Waals surface area contributed by atoms with Crippen LogP contribution in [0, 0.1) is 0 Å². The first-order valence-corrected chi connectivity index (χ1v) is 10.1. The minimum atomic E-state index is -2.98. The molecule has 172 valence electrons. The number of oxime groups is 1. The molecule has 3 aromatic rings. The molecule has 2 amide bonds. The monoisotopic (exact) mass is 516 g/mol. The van der Waals surface area contributed by atoms with Gasteiger partial charge in [0, 0.05) is 11.2 Å². The van der Waals surface area contributed by atoms with E-state index in [1.165, 1.54) is 30.5 Å². The largest absolute Gasteiger partial charge is 0.411 e. The summed E-state index contributed by atoms with van der Waals surface area (Å²) in [6.07, 6.45) is -0.613. The molecule has 0 radical (unpaired) electrons. The van der Waals surface area contributed by atoms with Crippen LogP contribution in [0.1, 0.15) is 33.0 Å². The topological polar surface area (TPSA) is 121 Å². The van der Waals surface area contributed by atoms with E-state index in [1.54, 1.807) is 0 Å². The Morgan fingerprint density at radius 1 is 1.18 bits per heavy atom. The number of benzene rings is 1. The molecule has 0 aliphatic carbocycles. The molecule has 0 saturated heterocycles. The first-order valence-electron chi connectivity index (χ1n) is 8.96. The van der Waals surface area contributed by atoms with Gasteiger partial charge in [-0.25, -0.2) is 18.4 Å². The summed E-state index contributed by atoms with van der Waals surface area (Å²) in [7, 11) is 0. The number of nitrogens with zero attached hydrogens (tertiary/aromatic N) is 4. The average molecular weight is 518 g/mol. The van der Waals surface area contributed by atoms with E-state index in [-0.39, 0.29) is 44.4 Å². The fourth-order valence-electron chi connectivity index (χ4n) is 2.69. The third kappa shape index (κ3) is 5.56. The molecule has 2 heterocycles. The van der Waals surface area contributed by atoms with Crippen molar-refractivity contribution in [2.45, 2.75) is 6.43 Å². The number of hydrogen-bond acceptors (Lipinski definition) is 6. The summed E-state index contributed by atoms with van der Waals surface area (Å²) in [6.45, 7) is -0.129. The maximum atomic E-state index is 13.3. The number of amides is 2. The molecule has 14 heteroatoms. The minimum Gasteiger partial charge on any atom is -0.411 e. The summed E-state index contributed by atoms with van der Waals surface area (Å²) in [4.78, 5) is 29.6. The number of anilines is 1. The number of alkyl halides is 2. The Hall–Kier alpha value is -3.28. The first kappa shape index (κ1) is 24.4. The molecule has 1 aromatic carbocycles. The van der Waals surface area contributed by atoms with Crippen molar-refractivity contribution < 1.29 is 23.6 Å². The normalized spacial score (nSPS) is 11.2. The van der Waals surface area contributed by atoms with Crippen LogP contribution in [0.2, 0.25) is 15.1 Å². The Morgan fingerprint density at radius 2 is 1.94 bits per heavy atom. The van der Waals surface area contributed by atoms with Crippen LogP contribution in [0.4, 0.5) is 14.5 Å². The number of halogens is 5. The number of rotatable bonds is 7. The molecule has 0 atom stereocenters. The molecule has 0 aliphatic rings. The van der Waals surface area contributed by atoms with Crippen molar-refractivity contribution in [1.82, 2.24) is 20.1 Å².